The minimum atomic E-state index is -0.676. The minimum Gasteiger partial charge on any atom is -0.467 e. The molecule has 0 fully saturated rings. The molecule has 4 nitrogen and oxygen atoms in total. The molecule has 1 aromatic carbocycles. The Bertz CT molecular complexity index is 463. The Labute approximate surface area is 115 Å². The summed E-state index contributed by atoms with van der Waals surface area (Å²) in [5, 5.41) is 3.35. The number of halogens is 2. The van der Waals surface area contributed by atoms with Crippen LogP contribution >= 0.6 is 23.2 Å². The lowest BCUT2D eigenvalue weighted by molar-refractivity contribution is -0.144. The van der Waals surface area contributed by atoms with E-state index in [-0.39, 0.29) is 12.3 Å². The molecule has 18 heavy (non-hydrogen) atoms. The minimum absolute atomic E-state index is 0.123. The van der Waals surface area contributed by atoms with Crippen LogP contribution in [-0.4, -0.2) is 25.0 Å². The zero-order valence-corrected chi connectivity index (χ0v) is 11.5. The van der Waals surface area contributed by atoms with Gasteiger partial charge < -0.3 is 10.1 Å². The van der Waals surface area contributed by atoms with Crippen LogP contribution in [0.1, 0.15) is 12.5 Å². The molecule has 0 saturated heterocycles. The molecule has 98 valence electrons. The largest absolute Gasteiger partial charge is 0.467 e. The van der Waals surface area contributed by atoms with Crippen molar-refractivity contribution in [2.75, 3.05) is 7.11 Å². The molecule has 6 heteroatoms. The first-order valence-corrected chi connectivity index (χ1v) is 6.00. The predicted octanol–water partition coefficient (Wildman–Crippen LogP) is 2.21. The van der Waals surface area contributed by atoms with Crippen LogP contribution in [0.2, 0.25) is 10.0 Å². The summed E-state index contributed by atoms with van der Waals surface area (Å²) in [6.45, 7) is 1.55. The molecule has 1 amide bonds. The fourth-order valence-electron chi connectivity index (χ4n) is 1.36. The van der Waals surface area contributed by atoms with Crippen LogP contribution in [0, 0.1) is 0 Å². The number of carbonyl (C=O) groups excluding carboxylic acids is 2. The van der Waals surface area contributed by atoms with Gasteiger partial charge in [0.15, 0.2) is 0 Å². The number of methoxy groups -OCH3 is 1. The van der Waals surface area contributed by atoms with E-state index in [0.717, 1.165) is 5.56 Å². The quantitative estimate of drug-likeness (QED) is 0.865. The van der Waals surface area contributed by atoms with Gasteiger partial charge >= 0.3 is 5.97 Å². The Kier molecular flexibility index (Phi) is 5.44. The summed E-state index contributed by atoms with van der Waals surface area (Å²) in [7, 11) is 1.27. The molecule has 1 rings (SSSR count). The first-order chi connectivity index (χ1) is 8.43. The van der Waals surface area contributed by atoms with Crippen molar-refractivity contribution in [1.82, 2.24) is 5.32 Å². The number of rotatable bonds is 4. The van der Waals surface area contributed by atoms with E-state index in [2.05, 4.69) is 10.1 Å². The molecule has 0 heterocycles. The van der Waals surface area contributed by atoms with Gasteiger partial charge in [0.25, 0.3) is 0 Å². The molecule has 0 unspecified atom stereocenters. The van der Waals surface area contributed by atoms with Gasteiger partial charge in [-0.2, -0.15) is 0 Å². The number of esters is 1. The highest BCUT2D eigenvalue weighted by atomic mass is 35.5. The maximum absolute atomic E-state index is 11.6. The standard InChI is InChI=1S/C12H13Cl2NO3/c1-7(12(17)18-2)15-11(16)6-8-3-4-9(13)10(14)5-8/h3-5,7H,6H2,1-2H3,(H,15,16)/t7-/m0/s1. The van der Waals surface area contributed by atoms with Gasteiger partial charge in [-0.3, -0.25) is 4.79 Å². The van der Waals surface area contributed by atoms with E-state index in [1.54, 1.807) is 25.1 Å². The Hall–Kier alpha value is -1.26. The smallest absolute Gasteiger partial charge is 0.328 e. The summed E-state index contributed by atoms with van der Waals surface area (Å²) < 4.78 is 4.51. The number of nitrogens with one attached hydrogen (secondary N) is 1. The summed E-state index contributed by atoms with van der Waals surface area (Å²) in [5.41, 5.74) is 0.721. The van der Waals surface area contributed by atoms with Gasteiger partial charge in [0.2, 0.25) is 5.91 Å². The number of hydrogen-bond acceptors (Lipinski definition) is 3. The molecule has 0 aliphatic carbocycles. The Balaban J connectivity index is 2.59. The zero-order chi connectivity index (χ0) is 13.7. The first kappa shape index (κ1) is 14.8. The van der Waals surface area contributed by atoms with Crippen LogP contribution in [0.5, 0.6) is 0 Å². The number of hydrogen-bond donors (Lipinski definition) is 1. The average Bonchev–Trinajstić information content (AvgIpc) is 2.32. The van der Waals surface area contributed by atoms with Crippen LogP contribution in [0.4, 0.5) is 0 Å². The van der Waals surface area contributed by atoms with Crippen molar-refractivity contribution in [3.8, 4) is 0 Å². The van der Waals surface area contributed by atoms with E-state index >= 15 is 0 Å². The van der Waals surface area contributed by atoms with Crippen molar-refractivity contribution in [3.63, 3.8) is 0 Å². The fourth-order valence-corrected chi connectivity index (χ4v) is 1.68. The maximum Gasteiger partial charge on any atom is 0.328 e. The van der Waals surface area contributed by atoms with E-state index in [1.807, 2.05) is 0 Å². The second kappa shape index (κ2) is 6.61. The third kappa shape index (κ3) is 4.20. The van der Waals surface area contributed by atoms with E-state index in [1.165, 1.54) is 7.11 Å². The van der Waals surface area contributed by atoms with E-state index in [9.17, 15) is 9.59 Å². The summed E-state index contributed by atoms with van der Waals surface area (Å²) in [4.78, 5) is 22.8. The molecular formula is C12H13Cl2NO3. The van der Waals surface area contributed by atoms with Gasteiger partial charge in [-0.1, -0.05) is 29.3 Å². The van der Waals surface area contributed by atoms with Gasteiger partial charge in [0, 0.05) is 0 Å². The van der Waals surface area contributed by atoms with Gasteiger partial charge in [0.1, 0.15) is 6.04 Å². The highest BCUT2D eigenvalue weighted by Gasteiger charge is 2.15. The fraction of sp³-hybridized carbons (Fsp3) is 0.333. The summed E-state index contributed by atoms with van der Waals surface area (Å²) in [6.07, 6.45) is 0.123. The monoisotopic (exact) mass is 289 g/mol. The number of carbonyl (C=O) groups is 2. The molecule has 1 aromatic rings. The highest BCUT2D eigenvalue weighted by Crippen LogP contribution is 2.22. The lowest BCUT2D eigenvalue weighted by atomic mass is 10.1. The first-order valence-electron chi connectivity index (χ1n) is 5.25. The topological polar surface area (TPSA) is 55.4 Å². The predicted molar refractivity (Wildman–Crippen MR) is 69.8 cm³/mol. The molecule has 0 radical (unpaired) electrons. The number of benzene rings is 1. The van der Waals surface area contributed by atoms with Gasteiger partial charge in [-0.25, -0.2) is 4.79 Å². The van der Waals surface area contributed by atoms with Crippen molar-refractivity contribution in [2.24, 2.45) is 0 Å². The summed E-state index contributed by atoms with van der Waals surface area (Å²) in [5.74, 6) is -0.774. The molecule has 1 N–H and O–H groups in total. The molecule has 0 aliphatic rings. The average molecular weight is 290 g/mol. The van der Waals surface area contributed by atoms with Gasteiger partial charge in [-0.05, 0) is 24.6 Å². The number of ether oxygens (including phenoxy) is 1. The summed E-state index contributed by atoms with van der Waals surface area (Å²) >= 11 is 11.6. The molecule has 0 spiro atoms. The van der Waals surface area contributed by atoms with E-state index < -0.39 is 12.0 Å². The molecule has 0 aromatic heterocycles. The van der Waals surface area contributed by atoms with Crippen LogP contribution < -0.4 is 5.32 Å². The van der Waals surface area contributed by atoms with E-state index in [0.29, 0.717) is 10.0 Å². The van der Waals surface area contributed by atoms with Crippen molar-refractivity contribution in [3.05, 3.63) is 33.8 Å². The van der Waals surface area contributed by atoms with Gasteiger partial charge in [0.05, 0.1) is 23.6 Å². The molecule has 1 atom stereocenters. The summed E-state index contributed by atoms with van der Waals surface area (Å²) in [6, 6.07) is 4.27. The lowest BCUT2D eigenvalue weighted by Gasteiger charge is -2.11. The Morgan fingerprint density at radius 1 is 1.33 bits per heavy atom. The van der Waals surface area contributed by atoms with Crippen LogP contribution in [0.25, 0.3) is 0 Å². The molecule has 0 saturated carbocycles. The van der Waals surface area contributed by atoms with Crippen molar-refractivity contribution in [2.45, 2.75) is 19.4 Å². The normalized spacial score (nSPS) is 11.8. The SMILES string of the molecule is COC(=O)[C@H](C)NC(=O)Cc1ccc(Cl)c(Cl)c1. The van der Waals surface area contributed by atoms with E-state index in [4.69, 9.17) is 23.2 Å². The third-order valence-corrected chi connectivity index (χ3v) is 3.02. The van der Waals surface area contributed by atoms with Crippen LogP contribution in [-0.2, 0) is 20.7 Å². The van der Waals surface area contributed by atoms with Crippen LogP contribution in [0.15, 0.2) is 18.2 Å². The zero-order valence-electron chi connectivity index (χ0n) is 10.00. The molecular weight excluding hydrogens is 277 g/mol. The highest BCUT2D eigenvalue weighted by molar-refractivity contribution is 6.42. The maximum atomic E-state index is 11.6. The van der Waals surface area contributed by atoms with Crippen molar-refractivity contribution in [1.29, 1.82) is 0 Å². The second-order valence-corrected chi connectivity index (χ2v) is 4.55. The van der Waals surface area contributed by atoms with Crippen molar-refractivity contribution < 1.29 is 14.3 Å². The molecule has 0 bridgehead atoms. The van der Waals surface area contributed by atoms with Crippen LogP contribution in [0.3, 0.4) is 0 Å². The number of amides is 1. The Morgan fingerprint density at radius 2 is 2.00 bits per heavy atom. The van der Waals surface area contributed by atoms with Crippen molar-refractivity contribution >= 4 is 35.1 Å². The van der Waals surface area contributed by atoms with Gasteiger partial charge in [-0.15, -0.1) is 0 Å². The Morgan fingerprint density at radius 3 is 2.56 bits per heavy atom. The molecule has 0 aliphatic heterocycles. The second-order valence-electron chi connectivity index (χ2n) is 3.74. The lowest BCUT2D eigenvalue weighted by Crippen LogP contribution is -2.39. The third-order valence-electron chi connectivity index (χ3n) is 2.28.